The van der Waals surface area contributed by atoms with Crippen LogP contribution in [0.15, 0.2) is 0 Å². The van der Waals surface area contributed by atoms with Gasteiger partial charge in [0.25, 0.3) is 0 Å². The molecule has 21 heavy (non-hydrogen) atoms. The van der Waals surface area contributed by atoms with E-state index in [1.54, 1.807) is 11.9 Å². The lowest BCUT2D eigenvalue weighted by molar-refractivity contribution is -0.142. The van der Waals surface area contributed by atoms with Crippen molar-refractivity contribution in [3.05, 3.63) is 0 Å². The summed E-state index contributed by atoms with van der Waals surface area (Å²) in [6.07, 6.45) is 1.52. The zero-order chi connectivity index (χ0) is 15.4. The second-order valence-electron chi connectivity index (χ2n) is 5.44. The lowest BCUT2D eigenvalue weighted by Gasteiger charge is -2.32. The molecule has 8 heteroatoms. The largest absolute Gasteiger partial charge is 0.481 e. The van der Waals surface area contributed by atoms with Gasteiger partial charge < -0.3 is 25.4 Å². The first-order chi connectivity index (χ1) is 10.0. The van der Waals surface area contributed by atoms with Gasteiger partial charge in [-0.3, -0.25) is 9.59 Å². The predicted octanol–water partition coefficient (Wildman–Crippen LogP) is -0.746. The van der Waals surface area contributed by atoms with Gasteiger partial charge in [0, 0.05) is 20.1 Å². The molecule has 0 aromatic heterocycles. The Labute approximate surface area is 122 Å². The molecule has 0 spiro atoms. The van der Waals surface area contributed by atoms with E-state index in [0.29, 0.717) is 13.1 Å². The number of carbonyl (C=O) groups is 3. The molecular weight excluding hydrogens is 278 g/mol. The van der Waals surface area contributed by atoms with Gasteiger partial charge in [0.2, 0.25) is 5.91 Å². The minimum Gasteiger partial charge on any atom is -0.481 e. The van der Waals surface area contributed by atoms with Gasteiger partial charge in [-0.2, -0.15) is 0 Å². The van der Waals surface area contributed by atoms with Crippen LogP contribution in [-0.2, 0) is 14.3 Å². The third-order valence-electron chi connectivity index (χ3n) is 4.03. The van der Waals surface area contributed by atoms with Gasteiger partial charge >= 0.3 is 12.0 Å². The van der Waals surface area contributed by atoms with Crippen LogP contribution in [0.1, 0.15) is 12.8 Å². The highest BCUT2D eigenvalue weighted by Gasteiger charge is 2.36. The van der Waals surface area contributed by atoms with Crippen LogP contribution in [-0.4, -0.2) is 67.3 Å². The molecule has 2 heterocycles. The Bertz CT molecular complexity index is 428. The minimum atomic E-state index is -0.973. The fraction of sp³-hybridized carbons (Fsp3) is 0.769. The lowest BCUT2D eigenvalue weighted by Crippen LogP contribution is -2.52. The number of nitrogens with one attached hydrogen (secondary N) is 2. The van der Waals surface area contributed by atoms with Crippen molar-refractivity contribution >= 4 is 17.9 Å². The van der Waals surface area contributed by atoms with E-state index in [2.05, 4.69) is 10.6 Å². The molecule has 2 rings (SSSR count). The number of carboxylic acids is 1. The summed E-state index contributed by atoms with van der Waals surface area (Å²) in [4.78, 5) is 36.5. The van der Waals surface area contributed by atoms with E-state index >= 15 is 0 Å². The monoisotopic (exact) mass is 299 g/mol. The fourth-order valence-electron chi connectivity index (χ4n) is 2.77. The number of urea groups is 1. The van der Waals surface area contributed by atoms with Crippen molar-refractivity contribution in [2.75, 3.05) is 33.4 Å². The van der Waals surface area contributed by atoms with Gasteiger partial charge in [0.1, 0.15) is 5.92 Å². The van der Waals surface area contributed by atoms with Crippen LogP contribution in [0.25, 0.3) is 0 Å². The Balaban J connectivity index is 1.90. The number of hydrogen-bond acceptors (Lipinski definition) is 4. The Morgan fingerprint density at radius 1 is 1.29 bits per heavy atom. The number of rotatable bonds is 3. The highest BCUT2D eigenvalue weighted by Crippen LogP contribution is 2.18. The molecule has 2 aliphatic heterocycles. The second-order valence-corrected chi connectivity index (χ2v) is 5.44. The zero-order valence-electron chi connectivity index (χ0n) is 12.0. The normalized spacial score (nSPS) is 29.0. The van der Waals surface area contributed by atoms with Crippen LogP contribution < -0.4 is 10.6 Å². The molecule has 0 saturated carbocycles. The van der Waals surface area contributed by atoms with Gasteiger partial charge in [-0.15, -0.1) is 0 Å². The van der Waals surface area contributed by atoms with Crippen molar-refractivity contribution in [3.8, 4) is 0 Å². The van der Waals surface area contributed by atoms with E-state index in [1.165, 1.54) is 0 Å². The summed E-state index contributed by atoms with van der Waals surface area (Å²) in [5, 5.41) is 14.4. The maximum absolute atomic E-state index is 12.2. The molecule has 3 amide bonds. The van der Waals surface area contributed by atoms with Crippen LogP contribution in [0.4, 0.5) is 4.79 Å². The van der Waals surface area contributed by atoms with Crippen LogP contribution in [0, 0.1) is 11.8 Å². The summed E-state index contributed by atoms with van der Waals surface area (Å²) in [6.45, 7) is 1.25. The Morgan fingerprint density at radius 3 is 2.71 bits per heavy atom. The van der Waals surface area contributed by atoms with Gasteiger partial charge in [-0.1, -0.05) is 0 Å². The molecule has 3 N–H and O–H groups in total. The number of amides is 3. The molecule has 0 aliphatic carbocycles. The molecule has 8 nitrogen and oxygen atoms in total. The maximum atomic E-state index is 12.2. The lowest BCUT2D eigenvalue weighted by atomic mass is 9.97. The van der Waals surface area contributed by atoms with Crippen molar-refractivity contribution in [2.24, 2.45) is 11.8 Å². The molecule has 2 saturated heterocycles. The number of carbonyl (C=O) groups excluding carboxylic acids is 2. The first-order valence-corrected chi connectivity index (χ1v) is 7.10. The molecular formula is C13H21N3O5. The second kappa shape index (κ2) is 6.75. The minimum absolute atomic E-state index is 0.0693. The van der Waals surface area contributed by atoms with Gasteiger partial charge in [-0.25, -0.2) is 4.79 Å². The average molecular weight is 299 g/mol. The van der Waals surface area contributed by atoms with Crippen molar-refractivity contribution in [2.45, 2.75) is 18.9 Å². The molecule has 2 aliphatic rings. The fourth-order valence-corrected chi connectivity index (χ4v) is 2.77. The highest BCUT2D eigenvalue weighted by molar-refractivity contribution is 5.81. The van der Waals surface area contributed by atoms with Crippen LogP contribution in [0.5, 0.6) is 0 Å². The molecule has 2 fully saturated rings. The quantitative estimate of drug-likeness (QED) is 0.636. The standard InChI is InChI=1S/C13H21N3O5/c1-14-11(17)8-3-2-4-16(5-8)13(20)15-10-7-21-6-9(10)12(18)19/h8-10H,2-7H2,1H3,(H,14,17)(H,15,20)(H,18,19). The number of piperidine rings is 1. The van der Waals surface area contributed by atoms with Crippen LogP contribution in [0.2, 0.25) is 0 Å². The maximum Gasteiger partial charge on any atom is 0.317 e. The van der Waals surface area contributed by atoms with E-state index < -0.39 is 17.9 Å². The summed E-state index contributed by atoms with van der Waals surface area (Å²) in [5.74, 6) is -1.96. The number of likely N-dealkylation sites (tertiary alicyclic amines) is 1. The van der Waals surface area contributed by atoms with E-state index in [-0.39, 0.29) is 31.1 Å². The molecule has 0 aromatic carbocycles. The Hall–Kier alpha value is -1.83. The zero-order valence-corrected chi connectivity index (χ0v) is 12.0. The molecule has 3 unspecified atom stereocenters. The van der Waals surface area contributed by atoms with Crippen molar-refractivity contribution in [3.63, 3.8) is 0 Å². The van der Waals surface area contributed by atoms with E-state index in [4.69, 9.17) is 9.84 Å². The molecule has 118 valence electrons. The third kappa shape index (κ3) is 3.63. The van der Waals surface area contributed by atoms with Crippen molar-refractivity contribution in [1.82, 2.24) is 15.5 Å². The van der Waals surface area contributed by atoms with Crippen LogP contribution >= 0.6 is 0 Å². The Kier molecular flexibility index (Phi) is 5.00. The third-order valence-corrected chi connectivity index (χ3v) is 4.03. The van der Waals surface area contributed by atoms with Crippen LogP contribution in [0.3, 0.4) is 0 Å². The van der Waals surface area contributed by atoms with E-state index in [0.717, 1.165) is 12.8 Å². The van der Waals surface area contributed by atoms with E-state index in [9.17, 15) is 14.4 Å². The number of aliphatic carboxylic acids is 1. The summed E-state index contributed by atoms with van der Waals surface area (Å²) in [7, 11) is 1.58. The number of carboxylic acid groups (broad SMARTS) is 1. The Morgan fingerprint density at radius 2 is 2.05 bits per heavy atom. The number of nitrogens with zero attached hydrogens (tertiary/aromatic N) is 1. The molecule has 0 radical (unpaired) electrons. The smallest absolute Gasteiger partial charge is 0.317 e. The molecule has 3 atom stereocenters. The molecule has 0 bridgehead atoms. The summed E-state index contributed by atoms with van der Waals surface area (Å²) < 4.78 is 5.12. The highest BCUT2D eigenvalue weighted by atomic mass is 16.5. The van der Waals surface area contributed by atoms with E-state index in [1.807, 2.05) is 0 Å². The average Bonchev–Trinajstić information content (AvgIpc) is 2.94. The number of hydrogen-bond donors (Lipinski definition) is 3. The molecule has 0 aromatic rings. The van der Waals surface area contributed by atoms with Gasteiger partial charge in [0.15, 0.2) is 0 Å². The summed E-state index contributed by atoms with van der Waals surface area (Å²) in [5.41, 5.74) is 0. The number of ether oxygens (including phenoxy) is 1. The summed E-state index contributed by atoms with van der Waals surface area (Å²) >= 11 is 0. The topological polar surface area (TPSA) is 108 Å². The van der Waals surface area contributed by atoms with Crippen molar-refractivity contribution in [1.29, 1.82) is 0 Å². The predicted molar refractivity (Wildman–Crippen MR) is 72.6 cm³/mol. The first-order valence-electron chi connectivity index (χ1n) is 7.10. The van der Waals surface area contributed by atoms with Crippen molar-refractivity contribution < 1.29 is 24.2 Å². The SMILES string of the molecule is CNC(=O)C1CCCN(C(=O)NC2COCC2C(=O)O)C1. The van der Waals surface area contributed by atoms with Gasteiger partial charge in [0.05, 0.1) is 25.2 Å². The first kappa shape index (κ1) is 15.6. The summed E-state index contributed by atoms with van der Waals surface area (Å²) in [6, 6.07) is -0.847. The van der Waals surface area contributed by atoms with Gasteiger partial charge in [-0.05, 0) is 12.8 Å².